The Morgan fingerprint density at radius 1 is 1.43 bits per heavy atom. The van der Waals surface area contributed by atoms with Gasteiger partial charge in [-0.3, -0.25) is 4.79 Å². The summed E-state index contributed by atoms with van der Waals surface area (Å²) in [7, 11) is -1.18. The predicted molar refractivity (Wildman–Crippen MR) is 84.9 cm³/mol. The number of likely N-dealkylation sites (tertiary alicyclic amines) is 1. The van der Waals surface area contributed by atoms with E-state index in [-0.39, 0.29) is 28.2 Å². The molecule has 4 atom stereocenters. The summed E-state index contributed by atoms with van der Waals surface area (Å²) in [5.41, 5.74) is 0. The van der Waals surface area contributed by atoms with Crippen LogP contribution in [0.4, 0.5) is 0 Å². The van der Waals surface area contributed by atoms with Crippen LogP contribution >= 0.6 is 11.8 Å². The fourth-order valence-electron chi connectivity index (χ4n) is 3.56. The van der Waals surface area contributed by atoms with Crippen LogP contribution in [-0.2, 0) is 14.6 Å². The number of hydrogen-bond donors (Lipinski definition) is 1. The van der Waals surface area contributed by atoms with Crippen molar-refractivity contribution in [2.45, 2.75) is 35.8 Å². The Balaban J connectivity index is 1.76. The van der Waals surface area contributed by atoms with Gasteiger partial charge in [0.2, 0.25) is 5.91 Å². The van der Waals surface area contributed by atoms with Crippen LogP contribution in [0, 0.1) is 5.92 Å². The number of nitrogens with one attached hydrogen (secondary N) is 1. The van der Waals surface area contributed by atoms with Crippen molar-refractivity contribution < 1.29 is 13.2 Å². The zero-order valence-electron chi connectivity index (χ0n) is 12.2. The number of rotatable bonds is 3. The number of nitrogens with zero attached hydrogens (tertiary/aromatic N) is 1. The summed E-state index contributed by atoms with van der Waals surface area (Å²) >= 11 is 1.71. The second kappa shape index (κ2) is 5.93. The van der Waals surface area contributed by atoms with Gasteiger partial charge in [-0.25, -0.2) is 8.42 Å². The minimum Gasteiger partial charge on any atom is -0.340 e. The molecule has 21 heavy (non-hydrogen) atoms. The number of allylic oxidation sites excluding steroid dienone is 1. The highest BCUT2D eigenvalue weighted by molar-refractivity contribution is 8.03. The van der Waals surface area contributed by atoms with E-state index < -0.39 is 9.84 Å². The number of amides is 1. The summed E-state index contributed by atoms with van der Waals surface area (Å²) in [5.74, 6) is 0.740. The first-order valence-electron chi connectivity index (χ1n) is 7.52. The lowest BCUT2D eigenvalue weighted by Crippen LogP contribution is -2.51. The molecule has 1 amide bonds. The van der Waals surface area contributed by atoms with E-state index in [1.807, 2.05) is 7.05 Å². The average Bonchev–Trinajstić information content (AvgIpc) is 2.99. The van der Waals surface area contributed by atoms with Gasteiger partial charge in [0.1, 0.15) is 0 Å². The van der Waals surface area contributed by atoms with Crippen LogP contribution in [0.2, 0.25) is 0 Å². The number of thioether (sulfide) groups is 1. The van der Waals surface area contributed by atoms with Crippen molar-refractivity contribution in [3.05, 3.63) is 11.5 Å². The number of hydrogen-bond acceptors (Lipinski definition) is 5. The third-order valence-corrected chi connectivity index (χ3v) is 8.33. The molecule has 2 saturated heterocycles. The Labute approximate surface area is 130 Å². The standard InChI is InChI=1S/C14H22N2O3S2/c1-15-12-13-10(5-7-20-13)4-6-16(14(12)17)9-11-3-2-8-21(11,18)19/h5,7,10-13,15H,2-4,6,8-9H2,1H3. The van der Waals surface area contributed by atoms with Crippen LogP contribution in [0.1, 0.15) is 19.3 Å². The average molecular weight is 330 g/mol. The van der Waals surface area contributed by atoms with Gasteiger partial charge in [0.25, 0.3) is 0 Å². The maximum atomic E-state index is 12.7. The van der Waals surface area contributed by atoms with Crippen molar-refractivity contribution in [1.82, 2.24) is 10.2 Å². The third-order valence-electron chi connectivity index (χ3n) is 4.82. The molecule has 4 unspecified atom stereocenters. The Morgan fingerprint density at radius 3 is 2.90 bits per heavy atom. The SMILES string of the molecule is CNC1C(=O)N(CC2CCCS2(=O)=O)CCC2C=CSC21. The second-order valence-corrected chi connectivity index (χ2v) is 9.55. The molecule has 0 aromatic heterocycles. The van der Waals surface area contributed by atoms with Crippen LogP contribution in [0.15, 0.2) is 11.5 Å². The molecular weight excluding hydrogens is 308 g/mol. The minimum absolute atomic E-state index is 0.0586. The van der Waals surface area contributed by atoms with Gasteiger partial charge in [-0.1, -0.05) is 6.08 Å². The maximum absolute atomic E-state index is 12.7. The van der Waals surface area contributed by atoms with Crippen molar-refractivity contribution in [2.75, 3.05) is 25.9 Å². The fraction of sp³-hybridized carbons (Fsp3) is 0.786. The summed E-state index contributed by atoms with van der Waals surface area (Å²) in [5, 5.41) is 5.11. The Hall–Kier alpha value is -0.530. The second-order valence-electron chi connectivity index (χ2n) is 6.06. The molecule has 2 fully saturated rings. The van der Waals surface area contributed by atoms with Gasteiger partial charge in [-0.05, 0) is 37.6 Å². The predicted octanol–water partition coefficient (Wildman–Crippen LogP) is 0.629. The summed E-state index contributed by atoms with van der Waals surface area (Å²) in [6.45, 7) is 1.03. The molecule has 1 N–H and O–H groups in total. The van der Waals surface area contributed by atoms with Gasteiger partial charge in [0, 0.05) is 18.3 Å². The first kappa shape index (κ1) is 15.4. The van der Waals surface area contributed by atoms with Crippen LogP contribution in [0.3, 0.4) is 0 Å². The van der Waals surface area contributed by atoms with Crippen LogP contribution in [0.25, 0.3) is 0 Å². The van der Waals surface area contributed by atoms with Gasteiger partial charge in [-0.2, -0.15) is 0 Å². The molecule has 0 bridgehead atoms. The lowest BCUT2D eigenvalue weighted by molar-refractivity contribution is -0.132. The summed E-state index contributed by atoms with van der Waals surface area (Å²) < 4.78 is 24.0. The molecule has 5 nitrogen and oxygen atoms in total. The van der Waals surface area contributed by atoms with E-state index >= 15 is 0 Å². The number of fused-ring (bicyclic) bond motifs is 1. The quantitative estimate of drug-likeness (QED) is 0.822. The highest BCUT2D eigenvalue weighted by atomic mass is 32.2. The first-order chi connectivity index (χ1) is 10.0. The molecule has 0 spiro atoms. The van der Waals surface area contributed by atoms with Crippen molar-refractivity contribution in [2.24, 2.45) is 5.92 Å². The van der Waals surface area contributed by atoms with E-state index in [2.05, 4.69) is 16.8 Å². The van der Waals surface area contributed by atoms with E-state index in [0.717, 1.165) is 12.8 Å². The van der Waals surface area contributed by atoms with Gasteiger partial charge >= 0.3 is 0 Å². The molecule has 0 aliphatic carbocycles. The van der Waals surface area contributed by atoms with Crippen molar-refractivity contribution in [3.8, 4) is 0 Å². The van der Waals surface area contributed by atoms with Crippen LogP contribution in [0.5, 0.6) is 0 Å². The van der Waals surface area contributed by atoms with E-state index in [4.69, 9.17) is 0 Å². The minimum atomic E-state index is -3.00. The highest BCUT2D eigenvalue weighted by Crippen LogP contribution is 2.37. The largest absolute Gasteiger partial charge is 0.340 e. The van der Waals surface area contributed by atoms with Gasteiger partial charge in [0.05, 0.1) is 17.0 Å². The first-order valence-corrected chi connectivity index (χ1v) is 10.2. The fourth-order valence-corrected chi connectivity index (χ4v) is 6.71. The van der Waals surface area contributed by atoms with Crippen molar-refractivity contribution in [3.63, 3.8) is 0 Å². The zero-order valence-corrected chi connectivity index (χ0v) is 13.8. The van der Waals surface area contributed by atoms with E-state index in [0.29, 0.717) is 25.4 Å². The topological polar surface area (TPSA) is 66.5 Å². The number of sulfone groups is 1. The van der Waals surface area contributed by atoms with Gasteiger partial charge in [-0.15, -0.1) is 11.8 Å². The molecule has 0 saturated carbocycles. The molecule has 3 aliphatic rings. The van der Waals surface area contributed by atoms with Gasteiger partial charge < -0.3 is 10.2 Å². The van der Waals surface area contributed by atoms with Crippen LogP contribution < -0.4 is 5.32 Å². The van der Waals surface area contributed by atoms with Crippen LogP contribution in [-0.4, -0.2) is 61.7 Å². The molecule has 0 radical (unpaired) electrons. The molecule has 3 aliphatic heterocycles. The zero-order chi connectivity index (χ0) is 15.0. The molecule has 3 rings (SSSR count). The third kappa shape index (κ3) is 2.87. The molecular formula is C14H22N2O3S2. The monoisotopic (exact) mass is 330 g/mol. The Morgan fingerprint density at radius 2 is 2.24 bits per heavy atom. The van der Waals surface area contributed by atoms with Crippen molar-refractivity contribution >= 4 is 27.5 Å². The Kier molecular flexibility index (Phi) is 4.34. The smallest absolute Gasteiger partial charge is 0.240 e. The summed E-state index contributed by atoms with van der Waals surface area (Å²) in [6.07, 6.45) is 4.53. The molecule has 3 heterocycles. The Bertz CT molecular complexity index is 546. The highest BCUT2D eigenvalue weighted by Gasteiger charge is 2.42. The summed E-state index contributed by atoms with van der Waals surface area (Å²) in [4.78, 5) is 14.5. The molecule has 0 aromatic rings. The van der Waals surface area contributed by atoms with Crippen molar-refractivity contribution in [1.29, 1.82) is 0 Å². The van der Waals surface area contributed by atoms with Gasteiger partial charge in [0.15, 0.2) is 9.84 Å². The van der Waals surface area contributed by atoms with E-state index in [1.165, 1.54) is 0 Å². The molecule has 118 valence electrons. The molecule has 7 heteroatoms. The van der Waals surface area contributed by atoms with E-state index in [1.54, 1.807) is 16.7 Å². The summed E-state index contributed by atoms with van der Waals surface area (Å²) in [6, 6.07) is -0.221. The normalized spacial score (nSPS) is 38.5. The molecule has 0 aromatic carbocycles. The lowest BCUT2D eigenvalue weighted by atomic mass is 9.98. The number of likely N-dealkylation sites (N-methyl/N-ethyl adjacent to an activating group) is 1. The number of carbonyl (C=O) groups is 1. The van der Waals surface area contributed by atoms with E-state index in [9.17, 15) is 13.2 Å². The lowest BCUT2D eigenvalue weighted by Gasteiger charge is -2.28. The number of carbonyl (C=O) groups excluding carboxylic acids is 1. The maximum Gasteiger partial charge on any atom is 0.240 e.